The van der Waals surface area contributed by atoms with E-state index in [1.165, 1.54) is 30.6 Å². The van der Waals surface area contributed by atoms with E-state index < -0.39 is 18.7 Å². The highest BCUT2D eigenvalue weighted by atomic mass is 35.5. The first-order valence-electron chi connectivity index (χ1n) is 8.26. The van der Waals surface area contributed by atoms with Gasteiger partial charge in [-0.2, -0.15) is 13.2 Å². The number of amides is 1. The van der Waals surface area contributed by atoms with Gasteiger partial charge in [-0.1, -0.05) is 18.5 Å². The average Bonchev–Trinajstić information content (AvgIpc) is 2.64. The Kier molecular flexibility index (Phi) is 7.33. The molecule has 0 aliphatic rings. The van der Waals surface area contributed by atoms with Crippen LogP contribution >= 0.6 is 11.6 Å². The molecule has 1 N–H and O–H groups in total. The molecule has 0 saturated heterocycles. The summed E-state index contributed by atoms with van der Waals surface area (Å²) in [6.45, 7) is 0.300. The van der Waals surface area contributed by atoms with Gasteiger partial charge in [0.05, 0.1) is 0 Å². The molecule has 2 aromatic rings. The number of carbonyl (C=O) groups is 2. The standard InChI is InChI=1S/C18H17ClF3N3O3/c1-2-14(26)7-13-6-12(3-4-23-13)16(27)24-8-11-5-15(19)17(25-9-11)28-10-18(20,21)22/h3-6,9H,2,7-8,10H2,1H3,(H,24,27). The summed E-state index contributed by atoms with van der Waals surface area (Å²) in [4.78, 5) is 31.6. The fourth-order valence-electron chi connectivity index (χ4n) is 2.15. The van der Waals surface area contributed by atoms with E-state index in [0.717, 1.165) is 0 Å². The molecule has 0 saturated carbocycles. The van der Waals surface area contributed by atoms with E-state index in [4.69, 9.17) is 11.6 Å². The normalized spacial score (nSPS) is 11.2. The maximum absolute atomic E-state index is 12.3. The molecule has 0 atom stereocenters. The van der Waals surface area contributed by atoms with E-state index in [1.54, 1.807) is 6.92 Å². The smallest absolute Gasteiger partial charge is 0.422 e. The quantitative estimate of drug-likeness (QED) is 0.713. The average molecular weight is 416 g/mol. The maximum atomic E-state index is 12.3. The van der Waals surface area contributed by atoms with Crippen molar-refractivity contribution in [2.75, 3.05) is 6.61 Å². The van der Waals surface area contributed by atoms with Crippen molar-refractivity contribution in [3.63, 3.8) is 0 Å². The molecule has 0 spiro atoms. The van der Waals surface area contributed by atoms with E-state index >= 15 is 0 Å². The third-order valence-corrected chi connectivity index (χ3v) is 3.81. The van der Waals surface area contributed by atoms with Gasteiger partial charge in [0, 0.05) is 43.0 Å². The minimum Gasteiger partial charge on any atom is -0.467 e. The number of nitrogens with one attached hydrogen (secondary N) is 1. The Morgan fingerprint density at radius 1 is 1.25 bits per heavy atom. The van der Waals surface area contributed by atoms with Crippen LogP contribution in [0.5, 0.6) is 5.88 Å². The van der Waals surface area contributed by atoms with Gasteiger partial charge in [0.15, 0.2) is 6.61 Å². The fourth-order valence-corrected chi connectivity index (χ4v) is 2.39. The number of hydrogen-bond donors (Lipinski definition) is 1. The predicted molar refractivity (Wildman–Crippen MR) is 95.2 cm³/mol. The number of Topliss-reactive ketones (excluding diaryl/α,β-unsaturated/α-hetero) is 1. The molecule has 10 heteroatoms. The summed E-state index contributed by atoms with van der Waals surface area (Å²) in [6.07, 6.45) is -1.26. The molecule has 0 aliphatic carbocycles. The number of halogens is 4. The van der Waals surface area contributed by atoms with Gasteiger partial charge in [0.1, 0.15) is 10.8 Å². The van der Waals surface area contributed by atoms with Crippen molar-refractivity contribution in [2.24, 2.45) is 0 Å². The third-order valence-electron chi connectivity index (χ3n) is 3.54. The van der Waals surface area contributed by atoms with Crippen molar-refractivity contribution in [3.8, 4) is 5.88 Å². The van der Waals surface area contributed by atoms with Crippen LogP contribution in [0, 0.1) is 0 Å². The molecule has 1 amide bonds. The third kappa shape index (κ3) is 6.80. The van der Waals surface area contributed by atoms with E-state index in [1.807, 2.05) is 0 Å². The van der Waals surface area contributed by atoms with Crippen LogP contribution in [0.3, 0.4) is 0 Å². The Morgan fingerprint density at radius 3 is 2.64 bits per heavy atom. The molecular weight excluding hydrogens is 399 g/mol. The highest BCUT2D eigenvalue weighted by molar-refractivity contribution is 6.31. The van der Waals surface area contributed by atoms with Crippen molar-refractivity contribution in [1.29, 1.82) is 0 Å². The van der Waals surface area contributed by atoms with E-state index in [2.05, 4.69) is 20.0 Å². The zero-order chi connectivity index (χ0) is 20.7. The summed E-state index contributed by atoms with van der Waals surface area (Å²) in [7, 11) is 0. The first kappa shape index (κ1) is 21.6. The molecule has 6 nitrogen and oxygen atoms in total. The van der Waals surface area contributed by atoms with Gasteiger partial charge in [-0.3, -0.25) is 14.6 Å². The number of alkyl halides is 3. The lowest BCUT2D eigenvalue weighted by molar-refractivity contribution is -0.154. The number of hydrogen-bond acceptors (Lipinski definition) is 5. The second-order valence-corrected chi connectivity index (χ2v) is 6.23. The van der Waals surface area contributed by atoms with Gasteiger partial charge in [-0.25, -0.2) is 4.98 Å². The van der Waals surface area contributed by atoms with Crippen LogP contribution in [0.15, 0.2) is 30.6 Å². The Hall–Kier alpha value is -2.68. The van der Waals surface area contributed by atoms with Crippen molar-refractivity contribution >= 4 is 23.3 Å². The van der Waals surface area contributed by atoms with E-state index in [0.29, 0.717) is 23.2 Å². The molecule has 0 fully saturated rings. The van der Waals surface area contributed by atoms with Crippen LogP contribution in [0.2, 0.25) is 5.02 Å². The van der Waals surface area contributed by atoms with Gasteiger partial charge >= 0.3 is 6.18 Å². The Bertz CT molecular complexity index is 859. The van der Waals surface area contributed by atoms with Crippen LogP contribution < -0.4 is 10.1 Å². The van der Waals surface area contributed by atoms with Crippen molar-refractivity contribution < 1.29 is 27.5 Å². The van der Waals surface area contributed by atoms with Crippen LogP contribution in [0.1, 0.15) is 35.0 Å². The molecule has 2 heterocycles. The summed E-state index contributed by atoms with van der Waals surface area (Å²) < 4.78 is 41.0. The fraction of sp³-hybridized carbons (Fsp3) is 0.333. The zero-order valence-electron chi connectivity index (χ0n) is 14.8. The molecular formula is C18H17ClF3N3O3. The first-order chi connectivity index (χ1) is 13.2. The lowest BCUT2D eigenvalue weighted by Gasteiger charge is -2.11. The molecule has 2 rings (SSSR count). The van der Waals surface area contributed by atoms with Crippen LogP contribution in [0.25, 0.3) is 0 Å². The molecule has 0 radical (unpaired) electrons. The number of aromatic nitrogens is 2. The molecule has 0 aromatic carbocycles. The molecule has 28 heavy (non-hydrogen) atoms. The van der Waals surface area contributed by atoms with Gasteiger partial charge in [-0.15, -0.1) is 0 Å². The van der Waals surface area contributed by atoms with Crippen LogP contribution in [-0.4, -0.2) is 34.4 Å². The van der Waals surface area contributed by atoms with Crippen LogP contribution in [-0.2, 0) is 17.8 Å². The minimum atomic E-state index is -4.50. The summed E-state index contributed by atoms with van der Waals surface area (Å²) >= 11 is 5.87. The monoisotopic (exact) mass is 415 g/mol. The minimum absolute atomic E-state index is 0.0126. The predicted octanol–water partition coefficient (Wildman–Crippen LogP) is 3.52. The van der Waals surface area contributed by atoms with Crippen molar-refractivity contribution in [1.82, 2.24) is 15.3 Å². The second kappa shape index (κ2) is 9.50. The molecule has 2 aromatic heterocycles. The molecule has 0 bridgehead atoms. The maximum Gasteiger partial charge on any atom is 0.422 e. The van der Waals surface area contributed by atoms with Gasteiger partial charge in [0.2, 0.25) is 5.88 Å². The number of pyridine rings is 2. The number of rotatable bonds is 8. The van der Waals surface area contributed by atoms with Crippen molar-refractivity contribution in [3.05, 3.63) is 52.4 Å². The lowest BCUT2D eigenvalue weighted by Crippen LogP contribution is -2.23. The highest BCUT2D eigenvalue weighted by Gasteiger charge is 2.29. The number of ether oxygens (including phenoxy) is 1. The van der Waals surface area contributed by atoms with Gasteiger partial charge in [0.25, 0.3) is 5.91 Å². The first-order valence-corrected chi connectivity index (χ1v) is 8.64. The molecule has 0 unspecified atom stereocenters. The molecule has 0 aliphatic heterocycles. The lowest BCUT2D eigenvalue weighted by atomic mass is 10.1. The topological polar surface area (TPSA) is 81.2 Å². The highest BCUT2D eigenvalue weighted by Crippen LogP contribution is 2.25. The number of nitrogens with zero attached hydrogens (tertiary/aromatic N) is 2. The second-order valence-electron chi connectivity index (χ2n) is 5.82. The summed E-state index contributed by atoms with van der Waals surface area (Å²) in [6, 6.07) is 4.40. The van der Waals surface area contributed by atoms with Crippen LogP contribution in [0.4, 0.5) is 13.2 Å². The largest absolute Gasteiger partial charge is 0.467 e. The summed E-state index contributed by atoms with van der Waals surface area (Å²) in [5, 5.41) is 2.54. The number of ketones is 1. The van der Waals surface area contributed by atoms with E-state index in [-0.39, 0.29) is 29.7 Å². The molecule has 150 valence electrons. The zero-order valence-corrected chi connectivity index (χ0v) is 15.6. The number of carbonyl (C=O) groups excluding carboxylic acids is 2. The summed E-state index contributed by atoms with van der Waals surface area (Å²) in [5.74, 6) is -0.729. The Morgan fingerprint density at radius 2 is 2.00 bits per heavy atom. The summed E-state index contributed by atoms with van der Waals surface area (Å²) in [5.41, 5.74) is 1.31. The van der Waals surface area contributed by atoms with Crippen molar-refractivity contribution in [2.45, 2.75) is 32.5 Å². The van der Waals surface area contributed by atoms with E-state index in [9.17, 15) is 22.8 Å². The Labute approximate surface area is 164 Å². The Balaban J connectivity index is 1.96. The van der Waals surface area contributed by atoms with Gasteiger partial charge in [-0.05, 0) is 23.8 Å². The SMILES string of the molecule is CCC(=O)Cc1cc(C(=O)NCc2cnc(OCC(F)(F)F)c(Cl)c2)ccn1. The van der Waals surface area contributed by atoms with Gasteiger partial charge < -0.3 is 10.1 Å².